The van der Waals surface area contributed by atoms with Crippen LogP contribution in [0.5, 0.6) is 5.75 Å². The van der Waals surface area contributed by atoms with Gasteiger partial charge in [0.15, 0.2) is 0 Å². The van der Waals surface area contributed by atoms with Crippen LogP contribution in [0.4, 0.5) is 0 Å². The zero-order chi connectivity index (χ0) is 15.9. The van der Waals surface area contributed by atoms with E-state index >= 15 is 0 Å². The summed E-state index contributed by atoms with van der Waals surface area (Å²) in [6.07, 6.45) is 5.63. The van der Waals surface area contributed by atoms with Gasteiger partial charge in [0.1, 0.15) is 12.4 Å². The van der Waals surface area contributed by atoms with Crippen molar-refractivity contribution in [3.05, 3.63) is 75.2 Å². The molecular formula is C18H16BrClO2. The largest absolute Gasteiger partial charge is 0.490 e. The maximum absolute atomic E-state index is 9.35. The van der Waals surface area contributed by atoms with E-state index in [1.54, 1.807) is 6.08 Å². The van der Waals surface area contributed by atoms with Gasteiger partial charge in [0, 0.05) is 9.50 Å². The van der Waals surface area contributed by atoms with Crippen LogP contribution < -0.4 is 4.74 Å². The smallest absolute Gasteiger partial charge is 0.120 e. The lowest BCUT2D eigenvalue weighted by atomic mass is 10.1. The number of hydrogen-bond donors (Lipinski definition) is 1. The molecule has 1 N–H and O–H groups in total. The predicted molar refractivity (Wildman–Crippen MR) is 96.1 cm³/mol. The number of rotatable bonds is 6. The number of hydrogen-bond acceptors (Lipinski definition) is 2. The van der Waals surface area contributed by atoms with Crippen LogP contribution in [0, 0.1) is 0 Å². The molecule has 0 amide bonds. The van der Waals surface area contributed by atoms with Crippen molar-refractivity contribution in [3.8, 4) is 5.75 Å². The molecule has 2 aromatic rings. The van der Waals surface area contributed by atoms with Gasteiger partial charge < -0.3 is 9.84 Å². The lowest BCUT2D eigenvalue weighted by Crippen LogP contribution is -1.95. The standard InChI is InChI=1S/C18H16BrClO2/c1-2-7-22-17-9-13(8-14(10-17)12-21)3-4-15-5-6-16(20)11-18(15)19/h2-6,8-11,21H,1,7,12H2/b4-3+. The van der Waals surface area contributed by atoms with Crippen molar-refractivity contribution in [2.24, 2.45) is 0 Å². The fraction of sp³-hybridized carbons (Fsp3) is 0.111. The zero-order valence-corrected chi connectivity index (χ0v) is 14.3. The molecule has 0 unspecified atom stereocenters. The topological polar surface area (TPSA) is 29.5 Å². The van der Waals surface area contributed by atoms with Gasteiger partial charge in [-0.15, -0.1) is 0 Å². The Labute approximate surface area is 143 Å². The molecular weight excluding hydrogens is 364 g/mol. The average Bonchev–Trinajstić information content (AvgIpc) is 2.52. The molecule has 0 saturated carbocycles. The van der Waals surface area contributed by atoms with Gasteiger partial charge in [-0.3, -0.25) is 0 Å². The fourth-order valence-corrected chi connectivity index (χ4v) is 2.75. The summed E-state index contributed by atoms with van der Waals surface area (Å²) in [4.78, 5) is 0. The quantitative estimate of drug-likeness (QED) is 0.543. The second kappa shape index (κ2) is 8.18. The highest BCUT2D eigenvalue weighted by molar-refractivity contribution is 9.10. The molecule has 0 bridgehead atoms. The van der Waals surface area contributed by atoms with Gasteiger partial charge in [-0.1, -0.05) is 58.4 Å². The van der Waals surface area contributed by atoms with Crippen LogP contribution in [0.15, 0.2) is 53.5 Å². The summed E-state index contributed by atoms with van der Waals surface area (Å²) in [6, 6.07) is 11.3. The Hall–Kier alpha value is -1.55. The molecule has 114 valence electrons. The first-order valence-corrected chi connectivity index (χ1v) is 7.91. The Morgan fingerprint density at radius 2 is 2.00 bits per heavy atom. The summed E-state index contributed by atoms with van der Waals surface area (Å²) < 4.78 is 6.47. The third-order valence-corrected chi connectivity index (χ3v) is 3.88. The van der Waals surface area contributed by atoms with Crippen molar-refractivity contribution in [1.29, 1.82) is 0 Å². The lowest BCUT2D eigenvalue weighted by molar-refractivity contribution is 0.280. The first kappa shape index (κ1) is 16.8. The monoisotopic (exact) mass is 378 g/mol. The summed E-state index contributed by atoms with van der Waals surface area (Å²) in [6.45, 7) is 4.03. The molecule has 0 radical (unpaired) electrons. The van der Waals surface area contributed by atoms with Gasteiger partial charge in [0.2, 0.25) is 0 Å². The minimum absolute atomic E-state index is 0.0310. The molecule has 4 heteroatoms. The molecule has 0 fully saturated rings. The molecule has 0 aliphatic rings. The summed E-state index contributed by atoms with van der Waals surface area (Å²) >= 11 is 9.42. The second-order valence-electron chi connectivity index (χ2n) is 4.67. The third-order valence-electron chi connectivity index (χ3n) is 2.96. The van der Waals surface area contributed by atoms with Gasteiger partial charge in [-0.05, 0) is 47.0 Å². The number of benzene rings is 2. The van der Waals surface area contributed by atoms with Crippen molar-refractivity contribution in [3.63, 3.8) is 0 Å². The molecule has 22 heavy (non-hydrogen) atoms. The van der Waals surface area contributed by atoms with Crippen molar-refractivity contribution in [2.75, 3.05) is 6.61 Å². The highest BCUT2D eigenvalue weighted by Crippen LogP contribution is 2.24. The van der Waals surface area contributed by atoms with Gasteiger partial charge >= 0.3 is 0 Å². The Bertz CT molecular complexity index is 695. The minimum Gasteiger partial charge on any atom is -0.490 e. The van der Waals surface area contributed by atoms with E-state index in [1.807, 2.05) is 48.6 Å². The van der Waals surface area contributed by atoms with E-state index in [9.17, 15) is 5.11 Å². The summed E-state index contributed by atoms with van der Waals surface area (Å²) in [5.41, 5.74) is 2.77. The second-order valence-corrected chi connectivity index (χ2v) is 5.96. The molecule has 0 atom stereocenters. The third kappa shape index (κ3) is 4.73. The van der Waals surface area contributed by atoms with Crippen molar-refractivity contribution in [2.45, 2.75) is 6.61 Å². The van der Waals surface area contributed by atoms with Crippen LogP contribution in [0.2, 0.25) is 5.02 Å². The summed E-state index contributed by atoms with van der Waals surface area (Å²) in [5.74, 6) is 0.710. The lowest BCUT2D eigenvalue weighted by Gasteiger charge is -2.07. The number of aliphatic hydroxyl groups excluding tert-OH is 1. The van der Waals surface area contributed by atoms with E-state index in [-0.39, 0.29) is 6.61 Å². The Morgan fingerprint density at radius 1 is 1.18 bits per heavy atom. The normalized spacial score (nSPS) is 10.9. The molecule has 2 aromatic carbocycles. The number of ether oxygens (including phenoxy) is 1. The van der Waals surface area contributed by atoms with Crippen LogP contribution >= 0.6 is 27.5 Å². The highest BCUT2D eigenvalue weighted by Gasteiger charge is 2.01. The molecule has 0 spiro atoms. The molecule has 2 rings (SSSR count). The molecule has 2 nitrogen and oxygen atoms in total. The SMILES string of the molecule is C=CCOc1cc(/C=C/c2ccc(Cl)cc2Br)cc(CO)c1. The van der Waals surface area contributed by atoms with E-state index in [0.717, 1.165) is 21.2 Å². The van der Waals surface area contributed by atoms with Gasteiger partial charge in [-0.25, -0.2) is 0 Å². The van der Waals surface area contributed by atoms with Crippen LogP contribution in [0.25, 0.3) is 12.2 Å². The highest BCUT2D eigenvalue weighted by atomic mass is 79.9. The Morgan fingerprint density at radius 3 is 2.68 bits per heavy atom. The number of aliphatic hydroxyl groups is 1. The van der Waals surface area contributed by atoms with E-state index < -0.39 is 0 Å². The van der Waals surface area contributed by atoms with Crippen molar-refractivity contribution in [1.82, 2.24) is 0 Å². The van der Waals surface area contributed by atoms with E-state index in [1.165, 1.54) is 0 Å². The molecule has 0 aliphatic heterocycles. The molecule has 0 aliphatic carbocycles. The first-order valence-electron chi connectivity index (χ1n) is 6.74. The van der Waals surface area contributed by atoms with Crippen molar-refractivity contribution < 1.29 is 9.84 Å². The fourth-order valence-electron chi connectivity index (χ4n) is 1.93. The van der Waals surface area contributed by atoms with E-state index in [4.69, 9.17) is 16.3 Å². The zero-order valence-electron chi connectivity index (χ0n) is 11.9. The van der Waals surface area contributed by atoms with Gasteiger partial charge in [-0.2, -0.15) is 0 Å². The first-order chi connectivity index (χ1) is 10.6. The van der Waals surface area contributed by atoms with E-state index in [0.29, 0.717) is 17.4 Å². The minimum atomic E-state index is -0.0310. The molecule has 0 heterocycles. The van der Waals surface area contributed by atoms with Crippen LogP contribution in [-0.2, 0) is 6.61 Å². The molecule has 0 saturated heterocycles. The maximum Gasteiger partial charge on any atom is 0.120 e. The van der Waals surface area contributed by atoms with Crippen LogP contribution in [0.3, 0.4) is 0 Å². The van der Waals surface area contributed by atoms with Crippen LogP contribution in [0.1, 0.15) is 16.7 Å². The summed E-state index contributed by atoms with van der Waals surface area (Å²) in [7, 11) is 0. The Balaban J connectivity index is 2.27. The van der Waals surface area contributed by atoms with Crippen molar-refractivity contribution >= 4 is 39.7 Å². The number of halogens is 2. The van der Waals surface area contributed by atoms with Gasteiger partial charge in [0.25, 0.3) is 0 Å². The van der Waals surface area contributed by atoms with Gasteiger partial charge in [0.05, 0.1) is 6.61 Å². The predicted octanol–water partition coefficient (Wildman–Crippen LogP) is 5.33. The summed E-state index contributed by atoms with van der Waals surface area (Å²) in [5, 5.41) is 10.0. The maximum atomic E-state index is 9.35. The average molecular weight is 380 g/mol. The molecule has 0 aromatic heterocycles. The van der Waals surface area contributed by atoms with E-state index in [2.05, 4.69) is 22.5 Å². The Kier molecular flexibility index (Phi) is 6.25. The van der Waals surface area contributed by atoms with Crippen LogP contribution in [-0.4, -0.2) is 11.7 Å².